The van der Waals surface area contributed by atoms with Crippen molar-refractivity contribution in [2.24, 2.45) is 0 Å². The average Bonchev–Trinajstić information content (AvgIpc) is 1.58. The van der Waals surface area contributed by atoms with Crippen LogP contribution >= 0.6 is 8.25 Å². The Morgan fingerprint density at radius 1 is 1.20 bits per heavy atom. The second-order valence-corrected chi connectivity index (χ2v) is 2.62. The van der Waals surface area contributed by atoms with E-state index in [1.807, 2.05) is 0 Å². The SMILES string of the molecule is C=C(C)O[P+](=O)OC(=C)C. The second-order valence-electron chi connectivity index (χ2n) is 1.81. The molecule has 0 spiro atoms. The maximum Gasteiger partial charge on any atom is 0.804 e. The minimum absolute atomic E-state index is 0.363. The molecule has 0 radical (unpaired) electrons. The van der Waals surface area contributed by atoms with E-state index in [1.165, 1.54) is 0 Å². The highest BCUT2D eigenvalue weighted by Gasteiger charge is 2.21. The van der Waals surface area contributed by atoms with Crippen LogP contribution in [-0.4, -0.2) is 0 Å². The van der Waals surface area contributed by atoms with Crippen LogP contribution in [0.25, 0.3) is 0 Å². The summed E-state index contributed by atoms with van der Waals surface area (Å²) < 4.78 is 19.8. The molecule has 0 aliphatic heterocycles. The third-order valence-corrected chi connectivity index (χ3v) is 1.38. The zero-order valence-electron chi connectivity index (χ0n) is 6.09. The van der Waals surface area contributed by atoms with Gasteiger partial charge in [0.15, 0.2) is 11.5 Å². The number of hydrogen-bond donors (Lipinski definition) is 0. The Bertz CT molecular complexity index is 156. The highest BCUT2D eigenvalue weighted by atomic mass is 31.1. The van der Waals surface area contributed by atoms with Crippen LogP contribution < -0.4 is 0 Å². The van der Waals surface area contributed by atoms with Crippen LogP contribution in [0.3, 0.4) is 0 Å². The van der Waals surface area contributed by atoms with Gasteiger partial charge in [-0.15, -0.1) is 0 Å². The van der Waals surface area contributed by atoms with Crippen molar-refractivity contribution in [2.75, 3.05) is 0 Å². The summed E-state index contributed by atoms with van der Waals surface area (Å²) in [7, 11) is -2.11. The maximum atomic E-state index is 10.6. The van der Waals surface area contributed by atoms with Crippen molar-refractivity contribution >= 4 is 8.25 Å². The van der Waals surface area contributed by atoms with Gasteiger partial charge in [0.25, 0.3) is 0 Å². The van der Waals surface area contributed by atoms with Crippen LogP contribution in [0.1, 0.15) is 13.8 Å². The quantitative estimate of drug-likeness (QED) is 0.469. The first kappa shape index (κ1) is 9.18. The van der Waals surface area contributed by atoms with Crippen molar-refractivity contribution in [2.45, 2.75) is 13.8 Å². The predicted molar refractivity (Wildman–Crippen MR) is 39.4 cm³/mol. The van der Waals surface area contributed by atoms with Gasteiger partial charge in [-0.2, -0.15) is 0 Å². The first-order valence-electron chi connectivity index (χ1n) is 2.66. The van der Waals surface area contributed by atoms with E-state index < -0.39 is 8.25 Å². The van der Waals surface area contributed by atoms with Gasteiger partial charge in [-0.05, 0) is 13.8 Å². The molecule has 0 unspecified atom stereocenters. The predicted octanol–water partition coefficient (Wildman–Crippen LogP) is 2.74. The van der Waals surface area contributed by atoms with Crippen molar-refractivity contribution in [3.8, 4) is 0 Å². The molecule has 0 rings (SSSR count). The van der Waals surface area contributed by atoms with E-state index in [0.717, 1.165) is 0 Å². The summed E-state index contributed by atoms with van der Waals surface area (Å²) in [6.07, 6.45) is 0. The molecule has 0 atom stereocenters. The Morgan fingerprint density at radius 2 is 1.50 bits per heavy atom. The molecule has 0 aromatic heterocycles. The first-order chi connectivity index (χ1) is 4.52. The normalized spacial score (nSPS) is 8.20. The fourth-order valence-corrected chi connectivity index (χ4v) is 0.819. The molecule has 0 saturated heterocycles. The molecule has 0 saturated carbocycles. The summed E-state index contributed by atoms with van der Waals surface area (Å²) in [5.41, 5.74) is 0. The number of rotatable bonds is 4. The Kier molecular flexibility index (Phi) is 3.74. The molecular formula is C6H10O3P+. The van der Waals surface area contributed by atoms with Crippen LogP contribution in [0.2, 0.25) is 0 Å². The topological polar surface area (TPSA) is 35.5 Å². The lowest BCUT2D eigenvalue weighted by molar-refractivity contribution is 0.319. The zero-order chi connectivity index (χ0) is 8.15. The third-order valence-electron chi connectivity index (χ3n) is 0.461. The second kappa shape index (κ2) is 4.07. The van der Waals surface area contributed by atoms with Gasteiger partial charge in [0.1, 0.15) is 0 Å². The molecule has 0 aliphatic carbocycles. The van der Waals surface area contributed by atoms with Gasteiger partial charge in [-0.1, -0.05) is 13.2 Å². The molecule has 0 amide bonds. The van der Waals surface area contributed by atoms with Crippen LogP contribution in [0.5, 0.6) is 0 Å². The summed E-state index contributed by atoms with van der Waals surface area (Å²) >= 11 is 0. The molecule has 0 aromatic rings. The minimum atomic E-state index is -2.11. The molecule has 4 heteroatoms. The van der Waals surface area contributed by atoms with Crippen molar-refractivity contribution in [1.29, 1.82) is 0 Å². The largest absolute Gasteiger partial charge is 0.804 e. The van der Waals surface area contributed by atoms with Gasteiger partial charge in [0.2, 0.25) is 0 Å². The number of allylic oxidation sites excluding steroid dienone is 2. The van der Waals surface area contributed by atoms with Crippen LogP contribution in [0.15, 0.2) is 24.7 Å². The maximum absolute atomic E-state index is 10.6. The Labute approximate surface area is 61.3 Å². The molecule has 0 bridgehead atoms. The average molecular weight is 161 g/mol. The standard InChI is InChI=1S/C6H10O3P/c1-5(2)8-10(7)9-6(3)4/h1,3H2,2,4H3/q+1. The fraction of sp³-hybridized carbons (Fsp3) is 0.333. The zero-order valence-corrected chi connectivity index (χ0v) is 6.98. The molecule has 0 aromatic carbocycles. The van der Waals surface area contributed by atoms with Crippen LogP contribution in [0.4, 0.5) is 0 Å². The van der Waals surface area contributed by atoms with Gasteiger partial charge in [-0.25, -0.2) is 9.05 Å². The summed E-state index contributed by atoms with van der Waals surface area (Å²) in [6, 6.07) is 0. The summed E-state index contributed by atoms with van der Waals surface area (Å²) in [4.78, 5) is 0. The van der Waals surface area contributed by atoms with E-state index in [1.54, 1.807) is 13.8 Å². The summed E-state index contributed by atoms with van der Waals surface area (Å²) in [5.74, 6) is 0.727. The molecule has 56 valence electrons. The highest BCUT2D eigenvalue weighted by Crippen LogP contribution is 2.29. The molecule has 3 nitrogen and oxygen atoms in total. The van der Waals surface area contributed by atoms with E-state index >= 15 is 0 Å². The fourth-order valence-electron chi connectivity index (χ4n) is 0.273. The Hall–Kier alpha value is -0.820. The van der Waals surface area contributed by atoms with Crippen LogP contribution in [-0.2, 0) is 13.6 Å². The van der Waals surface area contributed by atoms with Gasteiger partial charge in [-0.3, -0.25) is 0 Å². The smallest absolute Gasteiger partial charge is 0.228 e. The van der Waals surface area contributed by atoms with Crippen molar-refractivity contribution in [1.82, 2.24) is 0 Å². The summed E-state index contributed by atoms with van der Waals surface area (Å²) in [6.45, 7) is 9.96. The van der Waals surface area contributed by atoms with E-state index in [2.05, 4.69) is 22.2 Å². The van der Waals surface area contributed by atoms with E-state index in [4.69, 9.17) is 0 Å². The molecular weight excluding hydrogens is 151 g/mol. The first-order valence-corrected chi connectivity index (χ1v) is 3.76. The van der Waals surface area contributed by atoms with Crippen molar-refractivity contribution < 1.29 is 13.6 Å². The Balaban J connectivity index is 3.65. The highest BCUT2D eigenvalue weighted by molar-refractivity contribution is 7.33. The molecule has 0 heterocycles. The van der Waals surface area contributed by atoms with Gasteiger partial charge in [0, 0.05) is 4.57 Å². The van der Waals surface area contributed by atoms with Crippen LogP contribution in [0, 0.1) is 0 Å². The summed E-state index contributed by atoms with van der Waals surface area (Å²) in [5, 5.41) is 0. The van der Waals surface area contributed by atoms with E-state index in [-0.39, 0.29) is 0 Å². The van der Waals surface area contributed by atoms with E-state index in [0.29, 0.717) is 11.5 Å². The molecule has 0 N–H and O–H groups in total. The minimum Gasteiger partial charge on any atom is -0.228 e. The lowest BCUT2D eigenvalue weighted by atomic mass is 10.7. The van der Waals surface area contributed by atoms with E-state index in [9.17, 15) is 4.57 Å². The third kappa shape index (κ3) is 5.32. The lowest BCUT2D eigenvalue weighted by Gasteiger charge is -1.87. The lowest BCUT2D eigenvalue weighted by Crippen LogP contribution is -1.78. The van der Waals surface area contributed by atoms with Gasteiger partial charge in [0.05, 0.1) is 0 Å². The molecule has 0 aliphatic rings. The number of hydrogen-bond acceptors (Lipinski definition) is 3. The van der Waals surface area contributed by atoms with Gasteiger partial charge >= 0.3 is 8.25 Å². The van der Waals surface area contributed by atoms with Gasteiger partial charge < -0.3 is 0 Å². The van der Waals surface area contributed by atoms with Crippen molar-refractivity contribution in [3.05, 3.63) is 24.7 Å². The Morgan fingerprint density at radius 3 is 1.70 bits per heavy atom. The van der Waals surface area contributed by atoms with Crippen molar-refractivity contribution in [3.63, 3.8) is 0 Å². The molecule has 10 heavy (non-hydrogen) atoms. The monoisotopic (exact) mass is 161 g/mol. The molecule has 0 fully saturated rings.